The normalized spacial score (nSPS) is 12.6. The van der Waals surface area contributed by atoms with Gasteiger partial charge in [0.05, 0.1) is 11.0 Å². The van der Waals surface area contributed by atoms with Gasteiger partial charge < -0.3 is 14.9 Å². The second kappa shape index (κ2) is 4.77. The van der Waals surface area contributed by atoms with Crippen LogP contribution in [0.5, 0.6) is 0 Å². The number of carbonyl (C=O) groups is 1. The molecule has 0 fully saturated rings. The summed E-state index contributed by atoms with van der Waals surface area (Å²) < 4.78 is 3.53. The maximum atomic E-state index is 11.7. The Hall–Kier alpha value is -0.890. The van der Waals surface area contributed by atoms with Gasteiger partial charge in [-0.05, 0) is 59.9 Å². The average molecular weight is 361 g/mol. The number of aromatic amines is 1. The van der Waals surface area contributed by atoms with Crippen molar-refractivity contribution in [2.45, 2.75) is 13.0 Å². The molecule has 2 N–H and O–H groups in total. The summed E-state index contributed by atoms with van der Waals surface area (Å²) in [6, 6.07) is 5.67. The molecule has 1 amide bonds. The molecule has 1 atom stereocenters. The average Bonchev–Trinajstić information content (AvgIpc) is 2.62. The fourth-order valence-electron chi connectivity index (χ4n) is 1.81. The Balaban J connectivity index is 2.65. The Labute approximate surface area is 118 Å². The minimum absolute atomic E-state index is 0.0550. The quantitative estimate of drug-likeness (QED) is 0.638. The first kappa shape index (κ1) is 12.6. The van der Waals surface area contributed by atoms with Crippen molar-refractivity contribution < 1.29 is 4.79 Å². The Morgan fingerprint density at radius 1 is 1.59 bits per heavy atom. The van der Waals surface area contributed by atoms with E-state index in [1.807, 2.05) is 29.7 Å². The molecule has 0 aliphatic heterocycles. The number of rotatable bonds is 2. The smallest absolute Gasteiger partial charge is 0.242 e. The van der Waals surface area contributed by atoms with E-state index in [2.05, 4.69) is 32.9 Å². The second-order valence-electron chi connectivity index (χ2n) is 3.75. The molecule has 0 bridgehead atoms. The molecule has 0 aliphatic rings. The zero-order chi connectivity index (χ0) is 12.6. The van der Waals surface area contributed by atoms with Gasteiger partial charge in [0.2, 0.25) is 5.91 Å². The van der Waals surface area contributed by atoms with Gasteiger partial charge >= 0.3 is 0 Å². The zero-order valence-corrected chi connectivity index (χ0v) is 12.4. The molecule has 0 spiro atoms. The maximum absolute atomic E-state index is 11.7. The Morgan fingerprint density at radius 2 is 2.29 bits per heavy atom. The van der Waals surface area contributed by atoms with E-state index in [1.165, 1.54) is 0 Å². The van der Waals surface area contributed by atoms with Crippen LogP contribution >= 0.6 is 34.8 Å². The van der Waals surface area contributed by atoms with Crippen LogP contribution in [0.25, 0.3) is 11.0 Å². The number of nitrogens with zero attached hydrogens (tertiary/aromatic N) is 1. The van der Waals surface area contributed by atoms with Gasteiger partial charge in [-0.15, -0.1) is 0 Å². The van der Waals surface area contributed by atoms with E-state index in [-0.39, 0.29) is 11.9 Å². The van der Waals surface area contributed by atoms with Crippen LogP contribution in [0.1, 0.15) is 13.0 Å². The number of carbonyl (C=O) groups excluding carboxylic acids is 1. The lowest BCUT2D eigenvalue weighted by Crippen LogP contribution is -2.27. The lowest BCUT2D eigenvalue weighted by atomic mass is 10.2. The summed E-state index contributed by atoms with van der Waals surface area (Å²) in [5.41, 5.74) is 1.91. The van der Waals surface area contributed by atoms with Gasteiger partial charge in [0.25, 0.3) is 0 Å². The fraction of sp³-hybridized carbons (Fsp3) is 0.273. The van der Waals surface area contributed by atoms with Gasteiger partial charge in [-0.2, -0.15) is 0 Å². The topological polar surface area (TPSA) is 49.8 Å². The second-order valence-corrected chi connectivity index (χ2v) is 5.38. The molecular formula is C11H12IN3OS. The predicted molar refractivity (Wildman–Crippen MR) is 78.6 cm³/mol. The highest BCUT2D eigenvalue weighted by atomic mass is 127. The number of nitrogens with one attached hydrogen (secondary N) is 2. The number of H-pyrrole nitrogens is 1. The van der Waals surface area contributed by atoms with Crippen LogP contribution in [0.4, 0.5) is 0 Å². The lowest BCUT2D eigenvalue weighted by molar-refractivity contribution is -0.123. The highest BCUT2D eigenvalue weighted by molar-refractivity contribution is 14.1. The SMILES string of the molecule is CNC(=O)C(C)n1c(=S)[nH]c2cc(I)ccc21. The first-order valence-electron chi connectivity index (χ1n) is 5.16. The molecule has 0 radical (unpaired) electrons. The predicted octanol–water partition coefficient (Wildman–Crippen LogP) is 2.61. The molecule has 6 heteroatoms. The van der Waals surface area contributed by atoms with E-state index in [0.717, 1.165) is 14.6 Å². The van der Waals surface area contributed by atoms with Crippen LogP contribution in [0.3, 0.4) is 0 Å². The van der Waals surface area contributed by atoms with Crippen molar-refractivity contribution in [3.8, 4) is 0 Å². The zero-order valence-electron chi connectivity index (χ0n) is 9.45. The van der Waals surface area contributed by atoms with Crippen molar-refractivity contribution in [3.05, 3.63) is 26.5 Å². The highest BCUT2D eigenvalue weighted by Gasteiger charge is 2.17. The summed E-state index contributed by atoms with van der Waals surface area (Å²) in [5.74, 6) is -0.0550. The summed E-state index contributed by atoms with van der Waals surface area (Å²) in [7, 11) is 1.63. The minimum Gasteiger partial charge on any atom is -0.357 e. The number of fused-ring (bicyclic) bond motifs is 1. The number of hydrogen-bond donors (Lipinski definition) is 2. The highest BCUT2D eigenvalue weighted by Crippen LogP contribution is 2.21. The van der Waals surface area contributed by atoms with Gasteiger partial charge in [-0.3, -0.25) is 4.79 Å². The molecule has 0 saturated carbocycles. The van der Waals surface area contributed by atoms with Crippen LogP contribution in [-0.4, -0.2) is 22.5 Å². The van der Waals surface area contributed by atoms with Crippen LogP contribution in [0.15, 0.2) is 18.2 Å². The molecule has 2 aromatic rings. The molecule has 0 aliphatic carbocycles. The summed E-state index contributed by atoms with van der Waals surface area (Å²) in [4.78, 5) is 14.8. The van der Waals surface area contributed by atoms with Crippen molar-refractivity contribution in [3.63, 3.8) is 0 Å². The molecule has 4 nitrogen and oxygen atoms in total. The number of imidazole rings is 1. The summed E-state index contributed by atoms with van der Waals surface area (Å²) >= 11 is 7.51. The van der Waals surface area contributed by atoms with Gasteiger partial charge in [-0.25, -0.2) is 0 Å². The number of halogens is 1. The van der Waals surface area contributed by atoms with Crippen LogP contribution in [0.2, 0.25) is 0 Å². The maximum Gasteiger partial charge on any atom is 0.242 e. The molecule has 1 unspecified atom stereocenters. The number of benzene rings is 1. The standard InChI is InChI=1S/C11H12IN3OS/c1-6(10(16)13-2)15-9-4-3-7(12)5-8(9)14-11(15)17/h3-6H,1-2H3,(H,13,16)(H,14,17). The molecule has 1 aromatic carbocycles. The van der Waals surface area contributed by atoms with Gasteiger partial charge in [0.1, 0.15) is 6.04 Å². The molecule has 0 saturated heterocycles. The fourth-order valence-corrected chi connectivity index (χ4v) is 2.67. The first-order valence-corrected chi connectivity index (χ1v) is 6.64. The molecular weight excluding hydrogens is 349 g/mol. The molecule has 17 heavy (non-hydrogen) atoms. The van der Waals surface area contributed by atoms with E-state index < -0.39 is 0 Å². The number of hydrogen-bond acceptors (Lipinski definition) is 2. The van der Waals surface area contributed by atoms with Gasteiger partial charge in [-0.1, -0.05) is 0 Å². The van der Waals surface area contributed by atoms with Crippen molar-refractivity contribution in [1.29, 1.82) is 0 Å². The van der Waals surface area contributed by atoms with Gasteiger partial charge in [0.15, 0.2) is 4.77 Å². The van der Waals surface area contributed by atoms with Crippen molar-refractivity contribution in [2.75, 3.05) is 7.05 Å². The number of amides is 1. The van der Waals surface area contributed by atoms with Crippen molar-refractivity contribution >= 4 is 51.7 Å². The van der Waals surface area contributed by atoms with Crippen LogP contribution in [0, 0.1) is 8.34 Å². The first-order chi connectivity index (χ1) is 8.04. The number of aromatic nitrogens is 2. The molecule has 1 aromatic heterocycles. The van der Waals surface area contributed by atoms with Crippen molar-refractivity contribution in [2.24, 2.45) is 0 Å². The Morgan fingerprint density at radius 3 is 2.94 bits per heavy atom. The molecule has 2 rings (SSSR count). The summed E-state index contributed by atoms with van der Waals surface area (Å²) in [6.45, 7) is 1.83. The van der Waals surface area contributed by atoms with E-state index in [0.29, 0.717) is 4.77 Å². The Bertz CT molecular complexity index is 631. The van der Waals surface area contributed by atoms with Crippen LogP contribution < -0.4 is 5.32 Å². The molecule has 90 valence electrons. The third kappa shape index (κ3) is 2.23. The summed E-state index contributed by atoms with van der Waals surface area (Å²) in [5, 5.41) is 2.63. The third-order valence-corrected chi connectivity index (χ3v) is 3.66. The largest absolute Gasteiger partial charge is 0.357 e. The third-order valence-electron chi connectivity index (χ3n) is 2.69. The van der Waals surface area contributed by atoms with E-state index in [9.17, 15) is 4.79 Å². The van der Waals surface area contributed by atoms with Crippen LogP contribution in [-0.2, 0) is 4.79 Å². The van der Waals surface area contributed by atoms with E-state index >= 15 is 0 Å². The van der Waals surface area contributed by atoms with Crippen molar-refractivity contribution in [1.82, 2.24) is 14.9 Å². The lowest BCUT2D eigenvalue weighted by Gasteiger charge is -2.12. The number of likely N-dealkylation sites (N-methyl/N-ethyl adjacent to an activating group) is 1. The minimum atomic E-state index is -0.318. The van der Waals surface area contributed by atoms with E-state index in [1.54, 1.807) is 7.05 Å². The summed E-state index contributed by atoms with van der Waals surface area (Å²) in [6.07, 6.45) is 0. The molecule has 1 heterocycles. The Kier molecular flexibility index (Phi) is 3.53. The van der Waals surface area contributed by atoms with E-state index in [4.69, 9.17) is 12.2 Å². The monoisotopic (exact) mass is 361 g/mol. The van der Waals surface area contributed by atoms with Gasteiger partial charge in [0, 0.05) is 10.6 Å².